The number of anilines is 2. The van der Waals surface area contributed by atoms with Gasteiger partial charge in [-0.25, -0.2) is 4.98 Å². The van der Waals surface area contributed by atoms with Crippen LogP contribution in [0.4, 0.5) is 17.5 Å². The first-order valence-corrected chi connectivity index (χ1v) is 5.05. The summed E-state index contributed by atoms with van der Waals surface area (Å²) in [4.78, 5) is 28.3. The highest BCUT2D eigenvalue weighted by Gasteiger charge is 2.26. The molecule has 0 atom stereocenters. The van der Waals surface area contributed by atoms with Gasteiger partial charge in [-0.1, -0.05) is 0 Å². The van der Waals surface area contributed by atoms with Crippen molar-refractivity contribution in [2.45, 2.75) is 25.8 Å². The Labute approximate surface area is 103 Å². The Balaban J connectivity index is 3.05. The lowest BCUT2D eigenvalue weighted by molar-refractivity contribution is -0.384. The number of nitrogens with two attached hydrogens (primary N) is 2. The van der Waals surface area contributed by atoms with Gasteiger partial charge in [0, 0.05) is 12.0 Å². The largest absolute Gasteiger partial charge is 0.370 e. The second-order valence-corrected chi connectivity index (χ2v) is 4.37. The van der Waals surface area contributed by atoms with Gasteiger partial charge in [0.2, 0.25) is 17.7 Å². The lowest BCUT2D eigenvalue weighted by Gasteiger charge is -2.24. The summed E-state index contributed by atoms with van der Waals surface area (Å²) in [7, 11) is 0. The molecule has 98 valence electrons. The Morgan fingerprint density at radius 3 is 2.72 bits per heavy atom. The standard InChI is InChI=1S/C9H14N6O3/c1-9(2,3-6(10)16)14-7-5(15(17)18)4-12-8(11)13-7/h4H,3H2,1-2H3,(H2,10,16)(H3,11,12,13,14). The van der Waals surface area contributed by atoms with Gasteiger partial charge in [0.15, 0.2) is 0 Å². The van der Waals surface area contributed by atoms with Crippen molar-refractivity contribution in [3.8, 4) is 0 Å². The van der Waals surface area contributed by atoms with Gasteiger partial charge in [0.1, 0.15) is 6.20 Å². The first-order valence-electron chi connectivity index (χ1n) is 5.05. The van der Waals surface area contributed by atoms with E-state index in [2.05, 4.69) is 15.3 Å². The Hall–Kier alpha value is -2.45. The third-order valence-electron chi connectivity index (χ3n) is 2.06. The van der Waals surface area contributed by atoms with Crippen LogP contribution >= 0.6 is 0 Å². The molecule has 0 fully saturated rings. The maximum atomic E-state index is 10.9. The second kappa shape index (κ2) is 4.82. The van der Waals surface area contributed by atoms with Gasteiger partial charge in [0.05, 0.1) is 4.92 Å². The highest BCUT2D eigenvalue weighted by atomic mass is 16.6. The fraction of sp³-hybridized carbons (Fsp3) is 0.444. The number of carbonyl (C=O) groups is 1. The molecule has 0 spiro atoms. The van der Waals surface area contributed by atoms with Crippen LogP contribution in [0.5, 0.6) is 0 Å². The van der Waals surface area contributed by atoms with Crippen LogP contribution in [0.1, 0.15) is 20.3 Å². The third-order valence-corrected chi connectivity index (χ3v) is 2.06. The number of nitrogen functional groups attached to an aromatic ring is 1. The van der Waals surface area contributed by atoms with Crippen LogP contribution < -0.4 is 16.8 Å². The molecule has 1 aromatic heterocycles. The molecule has 1 heterocycles. The molecule has 0 aromatic carbocycles. The Bertz CT molecular complexity index is 487. The van der Waals surface area contributed by atoms with Crippen molar-refractivity contribution >= 4 is 23.4 Å². The Morgan fingerprint density at radius 1 is 1.61 bits per heavy atom. The van der Waals surface area contributed by atoms with Crippen molar-refractivity contribution in [1.82, 2.24) is 9.97 Å². The van der Waals surface area contributed by atoms with E-state index in [1.807, 2.05) is 0 Å². The molecule has 0 saturated carbocycles. The van der Waals surface area contributed by atoms with Gasteiger partial charge in [-0.3, -0.25) is 14.9 Å². The summed E-state index contributed by atoms with van der Waals surface area (Å²) in [6, 6.07) is 0. The Morgan fingerprint density at radius 2 is 2.22 bits per heavy atom. The van der Waals surface area contributed by atoms with Crippen LogP contribution in [0.15, 0.2) is 6.20 Å². The quantitative estimate of drug-likeness (QED) is 0.495. The Kier molecular flexibility index (Phi) is 3.64. The highest BCUT2D eigenvalue weighted by molar-refractivity contribution is 5.76. The molecule has 0 unspecified atom stereocenters. The molecule has 0 aliphatic rings. The van der Waals surface area contributed by atoms with Crippen LogP contribution in [0.2, 0.25) is 0 Å². The van der Waals surface area contributed by atoms with Crippen LogP contribution in [-0.2, 0) is 4.79 Å². The molecular weight excluding hydrogens is 240 g/mol. The molecule has 9 nitrogen and oxygen atoms in total. The summed E-state index contributed by atoms with van der Waals surface area (Å²) < 4.78 is 0. The van der Waals surface area contributed by atoms with Crippen molar-refractivity contribution in [3.63, 3.8) is 0 Å². The molecule has 5 N–H and O–H groups in total. The first-order chi connectivity index (χ1) is 8.21. The number of hydrogen-bond donors (Lipinski definition) is 3. The lowest BCUT2D eigenvalue weighted by Crippen LogP contribution is -2.36. The van der Waals surface area contributed by atoms with Gasteiger partial charge in [-0.15, -0.1) is 0 Å². The molecule has 0 bridgehead atoms. The number of nitro groups is 1. The normalized spacial score (nSPS) is 11.0. The average Bonchev–Trinajstić information content (AvgIpc) is 2.13. The van der Waals surface area contributed by atoms with Crippen LogP contribution in [0.25, 0.3) is 0 Å². The van der Waals surface area contributed by atoms with Crippen LogP contribution in [0.3, 0.4) is 0 Å². The number of hydrogen-bond acceptors (Lipinski definition) is 7. The molecule has 9 heteroatoms. The molecule has 0 aliphatic heterocycles. The maximum Gasteiger partial charge on any atom is 0.329 e. The molecular formula is C9H14N6O3. The van der Waals surface area contributed by atoms with E-state index < -0.39 is 16.4 Å². The minimum absolute atomic E-state index is 0.00589. The number of aromatic nitrogens is 2. The summed E-state index contributed by atoms with van der Waals surface area (Å²) in [5.41, 5.74) is 9.36. The maximum absolute atomic E-state index is 10.9. The van der Waals surface area contributed by atoms with Gasteiger partial charge in [0.25, 0.3) is 0 Å². The minimum atomic E-state index is -0.780. The van der Waals surface area contributed by atoms with Crippen LogP contribution in [0, 0.1) is 10.1 Å². The first kappa shape index (κ1) is 13.6. The van der Waals surface area contributed by atoms with Crippen molar-refractivity contribution < 1.29 is 9.72 Å². The second-order valence-electron chi connectivity index (χ2n) is 4.37. The van der Waals surface area contributed by atoms with Crippen molar-refractivity contribution in [3.05, 3.63) is 16.3 Å². The topological polar surface area (TPSA) is 150 Å². The molecule has 0 aliphatic carbocycles. The van der Waals surface area contributed by atoms with E-state index in [4.69, 9.17) is 11.5 Å². The number of primary amides is 1. The predicted octanol–water partition coefficient (Wildman–Crippen LogP) is 0.0329. The molecule has 1 aromatic rings. The van der Waals surface area contributed by atoms with Gasteiger partial charge < -0.3 is 16.8 Å². The zero-order chi connectivity index (χ0) is 13.9. The molecule has 18 heavy (non-hydrogen) atoms. The number of nitrogens with one attached hydrogen (secondary N) is 1. The summed E-state index contributed by atoms with van der Waals surface area (Å²) >= 11 is 0. The lowest BCUT2D eigenvalue weighted by atomic mass is 10.0. The average molecular weight is 254 g/mol. The summed E-state index contributed by atoms with van der Waals surface area (Å²) in [5.74, 6) is -0.672. The fourth-order valence-corrected chi connectivity index (χ4v) is 1.42. The smallest absolute Gasteiger partial charge is 0.329 e. The number of carbonyl (C=O) groups excluding carboxylic acids is 1. The predicted molar refractivity (Wildman–Crippen MR) is 64.6 cm³/mol. The highest BCUT2D eigenvalue weighted by Crippen LogP contribution is 2.25. The summed E-state index contributed by atoms with van der Waals surface area (Å²) in [6.07, 6.45) is 0.999. The third kappa shape index (κ3) is 3.54. The number of amides is 1. The van der Waals surface area contributed by atoms with Gasteiger partial charge in [-0.2, -0.15) is 4.98 Å². The van der Waals surface area contributed by atoms with E-state index in [-0.39, 0.29) is 23.9 Å². The van der Waals surface area contributed by atoms with Crippen LogP contribution in [-0.4, -0.2) is 26.3 Å². The van der Waals surface area contributed by atoms with E-state index in [0.717, 1.165) is 6.20 Å². The van der Waals surface area contributed by atoms with Crippen molar-refractivity contribution in [1.29, 1.82) is 0 Å². The van der Waals surface area contributed by atoms with E-state index in [1.165, 1.54) is 0 Å². The fourth-order valence-electron chi connectivity index (χ4n) is 1.42. The van der Waals surface area contributed by atoms with E-state index in [1.54, 1.807) is 13.8 Å². The molecule has 1 amide bonds. The van der Waals surface area contributed by atoms with Crippen molar-refractivity contribution in [2.24, 2.45) is 5.73 Å². The monoisotopic (exact) mass is 254 g/mol. The van der Waals surface area contributed by atoms with Crippen molar-refractivity contribution in [2.75, 3.05) is 11.1 Å². The summed E-state index contributed by atoms with van der Waals surface area (Å²) in [5, 5.41) is 13.6. The number of rotatable bonds is 5. The van der Waals surface area contributed by atoms with E-state index in [9.17, 15) is 14.9 Å². The van der Waals surface area contributed by atoms with E-state index in [0.29, 0.717) is 0 Å². The van der Waals surface area contributed by atoms with Gasteiger partial charge in [-0.05, 0) is 13.8 Å². The molecule has 1 rings (SSSR count). The van der Waals surface area contributed by atoms with Gasteiger partial charge >= 0.3 is 5.69 Å². The summed E-state index contributed by atoms with van der Waals surface area (Å²) in [6.45, 7) is 3.33. The molecule has 0 saturated heterocycles. The minimum Gasteiger partial charge on any atom is -0.370 e. The zero-order valence-electron chi connectivity index (χ0n) is 10.0. The molecule has 0 radical (unpaired) electrons. The SMILES string of the molecule is CC(C)(CC(N)=O)Nc1nc(N)ncc1[N+](=O)[O-]. The number of nitrogens with zero attached hydrogens (tertiary/aromatic N) is 3. The van der Waals surface area contributed by atoms with E-state index >= 15 is 0 Å². The zero-order valence-corrected chi connectivity index (χ0v) is 10.0.